The van der Waals surface area contributed by atoms with Crippen molar-refractivity contribution in [3.8, 4) is 5.75 Å². The third-order valence-electron chi connectivity index (χ3n) is 5.84. The van der Waals surface area contributed by atoms with Crippen LogP contribution in [0.15, 0.2) is 47.6 Å². The monoisotopic (exact) mass is 481 g/mol. The topological polar surface area (TPSA) is 98.7 Å². The quantitative estimate of drug-likeness (QED) is 0.334. The highest BCUT2D eigenvalue weighted by Gasteiger charge is 2.23. The summed E-state index contributed by atoms with van der Waals surface area (Å²) in [5.74, 6) is 0.334. The molecule has 1 unspecified atom stereocenters. The van der Waals surface area contributed by atoms with Gasteiger partial charge in [0.05, 0.1) is 52.2 Å². The number of benzene rings is 2. The molecule has 9 heteroatoms. The molecular weight excluding hydrogens is 450 g/mol. The van der Waals surface area contributed by atoms with Gasteiger partial charge in [-0.2, -0.15) is 5.10 Å². The zero-order valence-corrected chi connectivity index (χ0v) is 19.9. The molecule has 2 aliphatic heterocycles. The smallest absolute Gasteiger partial charge is 0.306 e. The first kappa shape index (κ1) is 24.7. The molecule has 1 atom stereocenters. The Hall–Kier alpha value is -3.43. The zero-order valence-electron chi connectivity index (χ0n) is 19.9. The average Bonchev–Trinajstić information content (AvgIpc) is 2.88. The lowest BCUT2D eigenvalue weighted by molar-refractivity contribution is -0.146. The van der Waals surface area contributed by atoms with E-state index < -0.39 is 0 Å². The lowest BCUT2D eigenvalue weighted by atomic mass is 9.94. The summed E-state index contributed by atoms with van der Waals surface area (Å²) in [6.07, 6.45) is 2.81. The summed E-state index contributed by atoms with van der Waals surface area (Å²) in [6, 6.07) is 12.9. The largest absolute Gasteiger partial charge is 0.493 e. The average molecular weight is 482 g/mol. The van der Waals surface area contributed by atoms with Crippen LogP contribution in [0.1, 0.15) is 27.9 Å². The summed E-state index contributed by atoms with van der Waals surface area (Å²) in [6.45, 7) is 4.01. The molecule has 0 aromatic heterocycles. The van der Waals surface area contributed by atoms with Gasteiger partial charge in [0, 0.05) is 30.3 Å². The Morgan fingerprint density at radius 2 is 1.94 bits per heavy atom. The third kappa shape index (κ3) is 7.27. The summed E-state index contributed by atoms with van der Waals surface area (Å²) >= 11 is 0. The number of hydrogen-bond acceptors (Lipinski definition) is 8. The number of methoxy groups -OCH3 is 1. The molecule has 0 saturated carbocycles. The molecule has 1 amide bonds. The van der Waals surface area contributed by atoms with Crippen molar-refractivity contribution in [2.75, 3.05) is 58.6 Å². The molecule has 0 aliphatic carbocycles. The lowest BCUT2D eigenvalue weighted by Gasteiger charge is -2.25. The SMILES string of the molecule is COCCOC(=O)CC1COc2cc(NC(=O)c3ccc(C=NN4CCOCC4)cc3)ccc2C1. The van der Waals surface area contributed by atoms with E-state index in [-0.39, 0.29) is 24.4 Å². The van der Waals surface area contributed by atoms with Crippen LogP contribution in [0.5, 0.6) is 5.75 Å². The first-order chi connectivity index (χ1) is 17.1. The van der Waals surface area contributed by atoms with Gasteiger partial charge in [-0.15, -0.1) is 0 Å². The summed E-state index contributed by atoms with van der Waals surface area (Å²) in [5, 5.41) is 9.35. The van der Waals surface area contributed by atoms with E-state index in [2.05, 4.69) is 10.4 Å². The van der Waals surface area contributed by atoms with Crippen LogP contribution >= 0.6 is 0 Å². The number of esters is 1. The van der Waals surface area contributed by atoms with E-state index in [9.17, 15) is 9.59 Å². The van der Waals surface area contributed by atoms with Crippen LogP contribution in [0.2, 0.25) is 0 Å². The molecule has 2 heterocycles. The van der Waals surface area contributed by atoms with Gasteiger partial charge in [0.1, 0.15) is 12.4 Å². The van der Waals surface area contributed by atoms with Gasteiger partial charge in [0.2, 0.25) is 0 Å². The summed E-state index contributed by atoms with van der Waals surface area (Å²) in [4.78, 5) is 24.7. The maximum Gasteiger partial charge on any atom is 0.306 e. The van der Waals surface area contributed by atoms with E-state index in [4.69, 9.17) is 18.9 Å². The van der Waals surface area contributed by atoms with Crippen LogP contribution in [0.3, 0.4) is 0 Å². The van der Waals surface area contributed by atoms with E-state index in [0.717, 1.165) is 36.4 Å². The van der Waals surface area contributed by atoms with Crippen molar-refractivity contribution in [2.45, 2.75) is 12.8 Å². The predicted molar refractivity (Wildman–Crippen MR) is 131 cm³/mol. The van der Waals surface area contributed by atoms with Crippen LogP contribution in [0.25, 0.3) is 0 Å². The number of carbonyl (C=O) groups is 2. The molecule has 2 aliphatic rings. The maximum absolute atomic E-state index is 12.7. The Labute approximate surface area is 205 Å². The van der Waals surface area contributed by atoms with Crippen molar-refractivity contribution < 1.29 is 28.5 Å². The lowest BCUT2D eigenvalue weighted by Crippen LogP contribution is -2.32. The Morgan fingerprint density at radius 3 is 2.71 bits per heavy atom. The number of rotatable bonds is 9. The van der Waals surface area contributed by atoms with Gasteiger partial charge < -0.3 is 24.3 Å². The number of hydrogen-bond donors (Lipinski definition) is 1. The van der Waals surface area contributed by atoms with Gasteiger partial charge >= 0.3 is 5.97 Å². The predicted octanol–water partition coefficient (Wildman–Crippen LogP) is 2.74. The zero-order chi connectivity index (χ0) is 24.5. The molecule has 1 N–H and O–H groups in total. The molecule has 9 nitrogen and oxygen atoms in total. The van der Waals surface area contributed by atoms with E-state index in [1.54, 1.807) is 25.5 Å². The van der Waals surface area contributed by atoms with Gasteiger partial charge in [-0.25, -0.2) is 0 Å². The molecule has 35 heavy (non-hydrogen) atoms. The van der Waals surface area contributed by atoms with Crippen molar-refractivity contribution in [1.29, 1.82) is 0 Å². The maximum atomic E-state index is 12.7. The number of nitrogens with zero attached hydrogens (tertiary/aromatic N) is 2. The first-order valence-corrected chi connectivity index (χ1v) is 11.8. The van der Waals surface area contributed by atoms with Crippen LogP contribution in [0, 0.1) is 5.92 Å². The van der Waals surface area contributed by atoms with Crippen molar-refractivity contribution in [1.82, 2.24) is 5.01 Å². The van der Waals surface area contributed by atoms with E-state index >= 15 is 0 Å². The summed E-state index contributed by atoms with van der Waals surface area (Å²) in [7, 11) is 1.57. The number of amides is 1. The number of nitrogens with one attached hydrogen (secondary N) is 1. The molecular formula is C26H31N3O6. The highest BCUT2D eigenvalue weighted by Crippen LogP contribution is 2.31. The highest BCUT2D eigenvalue weighted by molar-refractivity contribution is 6.04. The molecule has 0 radical (unpaired) electrons. The van der Waals surface area contributed by atoms with Crippen LogP contribution < -0.4 is 10.1 Å². The Kier molecular flexibility index (Phi) is 8.69. The molecule has 0 spiro atoms. The molecule has 1 fully saturated rings. The van der Waals surface area contributed by atoms with E-state index in [0.29, 0.717) is 44.1 Å². The summed E-state index contributed by atoms with van der Waals surface area (Å²) < 4.78 is 21.2. The minimum atomic E-state index is -0.249. The van der Waals surface area contributed by atoms with Gasteiger partial charge in [0.15, 0.2) is 0 Å². The Balaban J connectivity index is 1.28. The van der Waals surface area contributed by atoms with E-state index in [1.807, 2.05) is 35.3 Å². The molecule has 2 aromatic rings. The fourth-order valence-corrected chi connectivity index (χ4v) is 3.92. The molecule has 4 rings (SSSR count). The minimum Gasteiger partial charge on any atom is -0.493 e. The third-order valence-corrected chi connectivity index (χ3v) is 5.84. The van der Waals surface area contributed by atoms with Gasteiger partial charge in [0.25, 0.3) is 5.91 Å². The normalized spacial score (nSPS) is 17.5. The summed E-state index contributed by atoms with van der Waals surface area (Å²) in [5.41, 5.74) is 3.14. The van der Waals surface area contributed by atoms with Crippen molar-refractivity contribution in [2.24, 2.45) is 11.0 Å². The first-order valence-electron chi connectivity index (χ1n) is 11.8. The van der Waals surface area contributed by atoms with Crippen molar-refractivity contribution in [3.05, 3.63) is 59.2 Å². The number of morpholine rings is 1. The minimum absolute atomic E-state index is 0.0586. The Bertz CT molecular complexity index is 1030. The number of carbonyl (C=O) groups excluding carboxylic acids is 2. The number of anilines is 1. The second kappa shape index (κ2) is 12.3. The molecule has 186 valence electrons. The van der Waals surface area contributed by atoms with Crippen molar-refractivity contribution in [3.63, 3.8) is 0 Å². The van der Waals surface area contributed by atoms with Crippen LogP contribution in [-0.4, -0.2) is 76.3 Å². The van der Waals surface area contributed by atoms with Gasteiger partial charge in [-0.3, -0.25) is 14.6 Å². The van der Waals surface area contributed by atoms with Gasteiger partial charge in [-0.1, -0.05) is 18.2 Å². The van der Waals surface area contributed by atoms with E-state index in [1.165, 1.54) is 0 Å². The second-order valence-corrected chi connectivity index (χ2v) is 8.51. The van der Waals surface area contributed by atoms with Crippen LogP contribution in [-0.2, 0) is 25.4 Å². The standard InChI is InChI=1S/C26H31N3O6/c1-32-12-13-34-25(30)15-20-14-22-6-7-23(16-24(22)35-18-20)28-26(31)21-4-2-19(3-5-21)17-27-29-8-10-33-11-9-29/h2-7,16-17,20H,8-15,18H2,1H3,(H,28,31). The van der Waals surface area contributed by atoms with Crippen LogP contribution in [0.4, 0.5) is 5.69 Å². The number of fused-ring (bicyclic) bond motifs is 1. The second-order valence-electron chi connectivity index (χ2n) is 8.51. The highest BCUT2D eigenvalue weighted by atomic mass is 16.6. The molecule has 0 bridgehead atoms. The number of hydrazone groups is 1. The fraction of sp³-hybridized carbons (Fsp3) is 0.423. The fourth-order valence-electron chi connectivity index (χ4n) is 3.92. The number of ether oxygens (including phenoxy) is 4. The van der Waals surface area contributed by atoms with Crippen molar-refractivity contribution >= 4 is 23.8 Å². The van der Waals surface area contributed by atoms with Gasteiger partial charge in [-0.05, 0) is 35.7 Å². The molecule has 1 saturated heterocycles. The Morgan fingerprint density at radius 1 is 1.14 bits per heavy atom. The molecule has 2 aromatic carbocycles.